The molecule has 90 valence electrons. The summed E-state index contributed by atoms with van der Waals surface area (Å²) >= 11 is 0. The predicted octanol–water partition coefficient (Wildman–Crippen LogP) is -0.0330. The normalized spacial score (nSPS) is 18.1. The Balaban J connectivity index is 2.50. The molecule has 1 aliphatic heterocycles. The Kier molecular flexibility index (Phi) is 4.00. The van der Waals surface area contributed by atoms with Crippen molar-refractivity contribution in [2.75, 3.05) is 0 Å². The highest BCUT2D eigenvalue weighted by molar-refractivity contribution is 6.01. The van der Waals surface area contributed by atoms with Crippen LogP contribution in [0.15, 0.2) is 0 Å². The summed E-state index contributed by atoms with van der Waals surface area (Å²) in [5.41, 5.74) is 5.56. The largest absolute Gasteiger partial charge is 0.349 e. The van der Waals surface area contributed by atoms with Gasteiger partial charge in [0.15, 0.2) is 0 Å². The summed E-state index contributed by atoms with van der Waals surface area (Å²) in [4.78, 5) is 38.4. The first-order valence-corrected chi connectivity index (χ1v) is 5.25. The number of amides is 2. The summed E-state index contributed by atoms with van der Waals surface area (Å²) in [7, 11) is 0. The second-order valence-corrected chi connectivity index (χ2v) is 4.23. The average Bonchev–Trinajstić information content (AvgIpc) is 2.48. The SMILES string of the molecule is CC(C)C[C@H](N)C(=O)ON1C(=O)CCC1=O. The van der Waals surface area contributed by atoms with Gasteiger partial charge in [-0.15, -0.1) is 5.06 Å². The van der Waals surface area contributed by atoms with E-state index in [0.29, 0.717) is 11.5 Å². The van der Waals surface area contributed by atoms with Crippen molar-refractivity contribution in [1.29, 1.82) is 0 Å². The Morgan fingerprint density at radius 2 is 1.88 bits per heavy atom. The molecule has 0 aromatic carbocycles. The highest BCUT2D eigenvalue weighted by Crippen LogP contribution is 2.13. The van der Waals surface area contributed by atoms with Crippen molar-refractivity contribution in [3.05, 3.63) is 0 Å². The maximum Gasteiger partial charge on any atom is 0.349 e. The van der Waals surface area contributed by atoms with Gasteiger partial charge in [0.1, 0.15) is 6.04 Å². The molecule has 2 N–H and O–H groups in total. The van der Waals surface area contributed by atoms with Crippen molar-refractivity contribution < 1.29 is 19.2 Å². The molecule has 0 radical (unpaired) electrons. The third kappa shape index (κ3) is 3.03. The molecule has 1 atom stereocenters. The summed E-state index contributed by atoms with van der Waals surface area (Å²) in [6.45, 7) is 3.83. The molecule has 0 aromatic heterocycles. The zero-order valence-corrected chi connectivity index (χ0v) is 9.43. The quantitative estimate of drug-likeness (QED) is 0.682. The zero-order valence-electron chi connectivity index (χ0n) is 9.43. The number of rotatable bonds is 4. The number of hydroxylamine groups is 2. The lowest BCUT2D eigenvalue weighted by molar-refractivity contribution is -0.198. The molecule has 0 bridgehead atoms. The monoisotopic (exact) mass is 228 g/mol. The van der Waals surface area contributed by atoms with Gasteiger partial charge in [0, 0.05) is 12.8 Å². The molecule has 0 aliphatic carbocycles. The van der Waals surface area contributed by atoms with Crippen LogP contribution in [0.25, 0.3) is 0 Å². The molecule has 6 heteroatoms. The molecule has 6 nitrogen and oxygen atoms in total. The van der Waals surface area contributed by atoms with E-state index in [4.69, 9.17) is 5.73 Å². The van der Waals surface area contributed by atoms with E-state index in [2.05, 4.69) is 4.84 Å². The Morgan fingerprint density at radius 1 is 1.38 bits per heavy atom. The molecule has 0 unspecified atom stereocenters. The van der Waals surface area contributed by atoms with Crippen molar-refractivity contribution in [1.82, 2.24) is 5.06 Å². The van der Waals surface area contributed by atoms with Crippen molar-refractivity contribution in [3.63, 3.8) is 0 Å². The first-order valence-electron chi connectivity index (χ1n) is 5.25. The van der Waals surface area contributed by atoms with E-state index >= 15 is 0 Å². The zero-order chi connectivity index (χ0) is 12.3. The molecule has 2 amide bonds. The van der Waals surface area contributed by atoms with E-state index in [9.17, 15) is 14.4 Å². The number of carbonyl (C=O) groups is 3. The van der Waals surface area contributed by atoms with Gasteiger partial charge in [0.2, 0.25) is 0 Å². The summed E-state index contributed by atoms with van der Waals surface area (Å²) in [6.07, 6.45) is 0.631. The highest BCUT2D eigenvalue weighted by Gasteiger charge is 2.34. The number of hydrogen-bond donors (Lipinski definition) is 1. The van der Waals surface area contributed by atoms with Crippen LogP contribution in [0.1, 0.15) is 33.1 Å². The summed E-state index contributed by atoms with van der Waals surface area (Å²) in [5.74, 6) is -1.48. The summed E-state index contributed by atoms with van der Waals surface area (Å²) in [5, 5.41) is 0.516. The second-order valence-electron chi connectivity index (χ2n) is 4.23. The van der Waals surface area contributed by atoms with Crippen LogP contribution in [0.2, 0.25) is 0 Å². The van der Waals surface area contributed by atoms with Crippen molar-refractivity contribution in [3.8, 4) is 0 Å². The summed E-state index contributed by atoms with van der Waals surface area (Å²) < 4.78 is 0. The maximum absolute atomic E-state index is 11.4. The maximum atomic E-state index is 11.4. The van der Waals surface area contributed by atoms with E-state index in [1.165, 1.54) is 0 Å². The Bertz CT molecular complexity index is 298. The van der Waals surface area contributed by atoms with Crippen LogP contribution < -0.4 is 5.73 Å². The Labute approximate surface area is 93.7 Å². The van der Waals surface area contributed by atoms with Gasteiger partial charge in [-0.3, -0.25) is 9.59 Å². The fourth-order valence-electron chi connectivity index (χ4n) is 1.42. The van der Waals surface area contributed by atoms with E-state index in [1.807, 2.05) is 13.8 Å². The fourth-order valence-corrected chi connectivity index (χ4v) is 1.42. The number of nitrogens with two attached hydrogens (primary N) is 1. The minimum Gasteiger partial charge on any atom is -0.329 e. The Hall–Kier alpha value is -1.43. The van der Waals surface area contributed by atoms with E-state index in [1.54, 1.807) is 0 Å². The van der Waals surface area contributed by atoms with Crippen molar-refractivity contribution in [2.24, 2.45) is 11.7 Å². The number of nitrogens with zero attached hydrogens (tertiary/aromatic N) is 1. The molecule has 1 heterocycles. The van der Waals surface area contributed by atoms with Gasteiger partial charge in [-0.1, -0.05) is 13.8 Å². The minimum absolute atomic E-state index is 0.0888. The lowest BCUT2D eigenvalue weighted by Gasteiger charge is -2.17. The first kappa shape index (κ1) is 12.6. The molecule has 1 saturated heterocycles. The third-order valence-corrected chi connectivity index (χ3v) is 2.22. The van der Waals surface area contributed by atoms with E-state index in [-0.39, 0.29) is 18.8 Å². The molecule has 0 aromatic rings. The van der Waals surface area contributed by atoms with Gasteiger partial charge >= 0.3 is 5.97 Å². The third-order valence-electron chi connectivity index (χ3n) is 2.22. The standard InChI is InChI=1S/C10H16N2O4/c1-6(2)5-7(11)10(15)16-12-8(13)3-4-9(12)14/h6-7H,3-5,11H2,1-2H3/t7-/m0/s1. The van der Waals surface area contributed by atoms with Gasteiger partial charge in [-0.2, -0.15) is 0 Å². The van der Waals surface area contributed by atoms with Gasteiger partial charge in [-0.05, 0) is 12.3 Å². The number of hydrogen-bond acceptors (Lipinski definition) is 5. The highest BCUT2D eigenvalue weighted by atomic mass is 16.7. The van der Waals surface area contributed by atoms with E-state index in [0.717, 1.165) is 0 Å². The van der Waals surface area contributed by atoms with Crippen LogP contribution in [0, 0.1) is 5.92 Å². The van der Waals surface area contributed by atoms with E-state index < -0.39 is 23.8 Å². The molecule has 16 heavy (non-hydrogen) atoms. The van der Waals surface area contributed by atoms with Crippen LogP contribution in [0.4, 0.5) is 0 Å². The van der Waals surface area contributed by atoms with Crippen molar-refractivity contribution in [2.45, 2.75) is 39.2 Å². The van der Waals surface area contributed by atoms with Crippen LogP contribution in [-0.4, -0.2) is 28.9 Å². The Morgan fingerprint density at radius 3 is 2.31 bits per heavy atom. The van der Waals surface area contributed by atoms with Gasteiger partial charge in [-0.25, -0.2) is 4.79 Å². The lowest BCUT2D eigenvalue weighted by Crippen LogP contribution is -2.40. The topological polar surface area (TPSA) is 89.7 Å². The summed E-state index contributed by atoms with van der Waals surface area (Å²) in [6, 6.07) is -0.804. The van der Waals surface area contributed by atoms with Crippen molar-refractivity contribution >= 4 is 17.8 Å². The fraction of sp³-hybridized carbons (Fsp3) is 0.700. The predicted molar refractivity (Wildman–Crippen MR) is 54.6 cm³/mol. The molecule has 1 rings (SSSR count). The lowest BCUT2D eigenvalue weighted by atomic mass is 10.1. The number of carbonyl (C=O) groups excluding carboxylic acids is 3. The molecule has 0 spiro atoms. The molecular formula is C10H16N2O4. The van der Waals surface area contributed by atoms with Crippen LogP contribution in [0.5, 0.6) is 0 Å². The molecule has 0 saturated carbocycles. The van der Waals surface area contributed by atoms with Crippen LogP contribution in [-0.2, 0) is 19.2 Å². The molecule has 1 fully saturated rings. The average molecular weight is 228 g/mol. The van der Waals surface area contributed by atoms with Crippen LogP contribution >= 0.6 is 0 Å². The molecule has 1 aliphatic rings. The van der Waals surface area contributed by atoms with Gasteiger partial charge in [0.05, 0.1) is 0 Å². The number of imide groups is 1. The van der Waals surface area contributed by atoms with Crippen LogP contribution in [0.3, 0.4) is 0 Å². The van der Waals surface area contributed by atoms with Gasteiger partial charge < -0.3 is 10.6 Å². The molecular weight excluding hydrogens is 212 g/mol. The second kappa shape index (κ2) is 5.07. The first-order chi connectivity index (χ1) is 7.41. The smallest absolute Gasteiger partial charge is 0.329 e. The minimum atomic E-state index is -0.804. The van der Waals surface area contributed by atoms with Gasteiger partial charge in [0.25, 0.3) is 11.8 Å².